The second-order valence-corrected chi connectivity index (χ2v) is 23.6. The Balaban J connectivity index is 0.837. The number of aryl methyl sites for hydroxylation is 1. The average Bonchev–Trinajstić information content (AvgIpc) is 4.13. The van der Waals surface area contributed by atoms with E-state index in [0.29, 0.717) is 47.9 Å². The minimum atomic E-state index is -1.05. The van der Waals surface area contributed by atoms with Crippen LogP contribution in [0.15, 0.2) is 72.5 Å². The van der Waals surface area contributed by atoms with Crippen LogP contribution in [0.5, 0.6) is 5.75 Å². The smallest absolute Gasteiger partial charge is 0.306 e. The van der Waals surface area contributed by atoms with Crippen molar-refractivity contribution in [3.63, 3.8) is 0 Å². The van der Waals surface area contributed by atoms with E-state index in [0.717, 1.165) is 102 Å². The first-order chi connectivity index (χ1) is 35.9. The van der Waals surface area contributed by atoms with E-state index in [2.05, 4.69) is 51.9 Å². The summed E-state index contributed by atoms with van der Waals surface area (Å²) in [6, 6.07) is 15.7. The normalized spacial score (nSPS) is 22.3. The largest absolute Gasteiger partial charge is 0.507 e. The Kier molecular flexibility index (Phi) is 14.6. The summed E-state index contributed by atoms with van der Waals surface area (Å²) in [7, 11) is 0. The maximum atomic E-state index is 14.6. The van der Waals surface area contributed by atoms with Gasteiger partial charge in [0.15, 0.2) is 6.54 Å². The lowest BCUT2D eigenvalue weighted by molar-refractivity contribution is -0.754. The molecule has 2 aromatic carbocycles. The predicted molar refractivity (Wildman–Crippen MR) is 288 cm³/mol. The average molecular weight is 1040 g/mol. The number of aromatic hydroxyl groups is 1. The van der Waals surface area contributed by atoms with Gasteiger partial charge in [0.25, 0.3) is 0 Å². The number of H-pyrrole nitrogens is 1. The number of carbonyl (C=O) groups excluding carboxylic acids is 2. The number of benzene rings is 2. The van der Waals surface area contributed by atoms with E-state index in [1.807, 2.05) is 79.8 Å². The molecule has 0 spiro atoms. The first-order valence-corrected chi connectivity index (χ1v) is 27.6. The number of hydrogen-bond acceptors (Lipinski definition) is 13. The predicted octanol–water partition coefficient (Wildman–Crippen LogP) is 7.05. The highest BCUT2D eigenvalue weighted by atomic mass is 32.1. The Morgan fingerprint density at radius 2 is 1.67 bits per heavy atom. The summed E-state index contributed by atoms with van der Waals surface area (Å²) >= 11 is 1.58. The van der Waals surface area contributed by atoms with Gasteiger partial charge >= 0.3 is 5.97 Å². The summed E-state index contributed by atoms with van der Waals surface area (Å²) in [5.74, 6) is -0.447. The number of amides is 2. The fourth-order valence-electron chi connectivity index (χ4n) is 12.2. The molecule has 2 saturated heterocycles. The van der Waals surface area contributed by atoms with Crippen molar-refractivity contribution in [2.24, 2.45) is 22.5 Å². The number of aliphatic hydroxyl groups is 1. The zero-order chi connectivity index (χ0) is 52.9. The number of fused-ring (bicyclic) bond motifs is 3. The number of aromatic nitrogens is 6. The van der Waals surface area contributed by atoms with E-state index in [4.69, 9.17) is 20.8 Å². The molecule has 10 rings (SSSR count). The van der Waals surface area contributed by atoms with Gasteiger partial charge in [0.05, 0.1) is 45.8 Å². The van der Waals surface area contributed by atoms with Crippen LogP contribution in [0, 0.1) is 23.7 Å². The van der Waals surface area contributed by atoms with Crippen LogP contribution in [-0.4, -0.2) is 118 Å². The van der Waals surface area contributed by atoms with E-state index < -0.39 is 40.9 Å². The summed E-state index contributed by atoms with van der Waals surface area (Å²) in [5, 5.41) is 40.9. The van der Waals surface area contributed by atoms with E-state index in [1.165, 1.54) is 4.90 Å². The Hall–Kier alpha value is -6.34. The van der Waals surface area contributed by atoms with Crippen LogP contribution < -0.4 is 20.6 Å². The molecule has 0 radical (unpaired) electrons. The number of aliphatic carboxylic acids is 1. The lowest BCUT2D eigenvalue weighted by Gasteiger charge is -2.44. The van der Waals surface area contributed by atoms with E-state index in [9.17, 15) is 29.7 Å². The Morgan fingerprint density at radius 3 is 2.33 bits per heavy atom. The van der Waals surface area contributed by atoms with Gasteiger partial charge < -0.3 is 46.1 Å². The van der Waals surface area contributed by atoms with Crippen molar-refractivity contribution in [2.45, 2.75) is 142 Å². The molecule has 4 aromatic heterocycles. The topological polar surface area (TPSA) is 231 Å². The summed E-state index contributed by atoms with van der Waals surface area (Å²) in [6.07, 6.45) is 9.46. The van der Waals surface area contributed by atoms with Gasteiger partial charge in [-0.1, -0.05) is 68.8 Å². The Morgan fingerprint density at radius 1 is 0.960 bits per heavy atom. The second kappa shape index (κ2) is 21.0. The highest BCUT2D eigenvalue weighted by molar-refractivity contribution is 7.13. The van der Waals surface area contributed by atoms with Gasteiger partial charge in [0.2, 0.25) is 29.1 Å². The standard InChI is InChI=1S/C57H71N11O6S/c1-33-49(75-32-62-33)37-13-11-35(12-14-37)27-59-52(71)46-25-41(69)30-67(46)53(72)50(58)57(5,6)56(3,4)31-68-45(42-9-7-8-10-47(42)70)26-43-48-34(2)66(24-21-44(48)63-51(43)64-68)55-60-28-39(29-61-55)36-19-22-65(23-20-36)40-17-15-38(16-18-40)54(73)74/h7-14,26,28-29,32,34,36,38,40-41,46,50,69H,15-25,27,30-31,58H2,1-6H3,(H3,59,63,64,70,71,73,74)/p+1/t34-,38?,40?,41+,46-,50+/m0/s1. The zero-order valence-corrected chi connectivity index (χ0v) is 44.8. The lowest BCUT2D eigenvalue weighted by Crippen LogP contribution is -2.61. The maximum Gasteiger partial charge on any atom is 0.306 e. The molecule has 0 bridgehead atoms. The molecule has 7 N–H and O–H groups in total. The van der Waals surface area contributed by atoms with Gasteiger partial charge in [0.1, 0.15) is 11.8 Å². The third-order valence-corrected chi connectivity index (χ3v) is 18.7. The molecule has 396 valence electrons. The van der Waals surface area contributed by atoms with E-state index in [1.54, 1.807) is 23.5 Å². The van der Waals surface area contributed by atoms with Crippen LogP contribution >= 0.6 is 11.3 Å². The van der Waals surface area contributed by atoms with E-state index in [-0.39, 0.29) is 43.1 Å². The minimum Gasteiger partial charge on any atom is -0.507 e. The quantitative estimate of drug-likeness (QED) is 0.0602. The molecule has 6 aromatic rings. The molecule has 18 heteroatoms. The molecule has 3 aliphatic heterocycles. The molecule has 0 unspecified atom stereocenters. The number of likely N-dealkylation sites (tertiary alicyclic amines) is 2. The summed E-state index contributed by atoms with van der Waals surface area (Å²) in [5.41, 5.74) is 15.6. The monoisotopic (exact) mass is 1040 g/mol. The summed E-state index contributed by atoms with van der Waals surface area (Å²) < 4.78 is 1.90. The van der Waals surface area contributed by atoms with Crippen LogP contribution in [0.3, 0.4) is 0 Å². The molecule has 4 aliphatic rings. The van der Waals surface area contributed by atoms with Gasteiger partial charge in [-0.2, -0.15) is 0 Å². The van der Waals surface area contributed by atoms with Crippen molar-refractivity contribution in [2.75, 3.05) is 31.1 Å². The molecule has 75 heavy (non-hydrogen) atoms. The highest BCUT2D eigenvalue weighted by Crippen LogP contribution is 2.44. The number of nitrogens with zero attached hydrogens (tertiary/aromatic N) is 8. The lowest BCUT2D eigenvalue weighted by atomic mass is 9.63. The van der Waals surface area contributed by atoms with Crippen LogP contribution in [0.1, 0.15) is 120 Å². The third kappa shape index (κ3) is 10.3. The molecular weight excluding hydrogens is 967 g/mol. The molecule has 7 heterocycles. The fraction of sp³-hybridized carbons (Fsp3) is 0.509. The number of carboxylic acids is 1. The van der Waals surface area contributed by atoms with Crippen LogP contribution in [0.2, 0.25) is 0 Å². The van der Waals surface area contributed by atoms with E-state index >= 15 is 0 Å². The first-order valence-electron chi connectivity index (χ1n) is 26.7. The Labute approximate surface area is 442 Å². The molecular formula is C57H72N11O6S+. The second-order valence-electron chi connectivity index (χ2n) is 22.7. The number of anilines is 1. The number of carbonyl (C=O) groups is 3. The van der Waals surface area contributed by atoms with Crippen molar-refractivity contribution >= 4 is 46.1 Å². The van der Waals surface area contributed by atoms with Crippen molar-refractivity contribution in [1.82, 2.24) is 40.2 Å². The van der Waals surface area contributed by atoms with Crippen LogP contribution in [0.4, 0.5) is 5.95 Å². The molecule has 3 fully saturated rings. The van der Waals surface area contributed by atoms with Crippen molar-refractivity contribution in [3.8, 4) is 27.4 Å². The zero-order valence-electron chi connectivity index (χ0n) is 44.0. The van der Waals surface area contributed by atoms with Crippen molar-refractivity contribution in [3.05, 3.63) is 101 Å². The van der Waals surface area contributed by atoms with Gasteiger partial charge in [-0.15, -0.1) is 11.3 Å². The minimum absolute atomic E-state index is 0.000109. The van der Waals surface area contributed by atoms with Gasteiger partial charge in [-0.3, -0.25) is 14.4 Å². The number of thiazole rings is 1. The van der Waals surface area contributed by atoms with Gasteiger partial charge in [0, 0.05) is 89.6 Å². The molecule has 17 nitrogen and oxygen atoms in total. The number of rotatable bonds is 14. The number of nitrogens with two attached hydrogens (primary N) is 1. The SMILES string of the molecule is Cc1ncsc1-c1ccc(CNC(=O)[C@@H]2C[C@@H](O)CN2C(=O)[C@@H](N)C(C)(C)C(C)(C)C[n+]2nc3[nH]c4c(c3cc2-c2ccccc2O)[C@H](C)N(c2ncc(C3CCN(C5CCC(C(=O)O)CC5)CC3)cn2)CC4)cc1. The summed E-state index contributed by atoms with van der Waals surface area (Å²) in [6.45, 7) is 15.5. The first kappa shape index (κ1) is 52.1. The fourth-order valence-corrected chi connectivity index (χ4v) is 13.0. The number of piperidine rings is 1. The molecule has 4 atom stereocenters. The number of nitrogens with one attached hydrogen (secondary N) is 2. The highest BCUT2D eigenvalue weighted by Gasteiger charge is 2.51. The van der Waals surface area contributed by atoms with Gasteiger partial charge in [-0.25, -0.2) is 15.0 Å². The molecule has 2 amide bonds. The number of para-hydroxylation sites is 1. The summed E-state index contributed by atoms with van der Waals surface area (Å²) in [4.78, 5) is 65.1. The molecule has 1 saturated carbocycles. The number of β-amino-alcohol motifs (C(OH)–C–C–N with tert-alkyl or cyclic N) is 1. The number of aromatic amines is 1. The number of phenolic OH excluding ortho intramolecular Hbond substituents is 1. The number of aliphatic hydroxyl groups excluding tert-OH is 1. The Bertz CT molecular complexity index is 3050. The number of carboxylic acid groups (broad SMARTS) is 1. The van der Waals surface area contributed by atoms with Gasteiger partial charge in [-0.05, 0) is 100 Å². The van der Waals surface area contributed by atoms with Crippen LogP contribution in [-0.2, 0) is 33.9 Å². The van der Waals surface area contributed by atoms with Crippen LogP contribution in [0.25, 0.3) is 32.7 Å². The number of hydrogen-bond donors (Lipinski definition) is 6. The number of phenols is 1. The maximum absolute atomic E-state index is 14.6. The van der Waals surface area contributed by atoms with Crippen molar-refractivity contribution < 1.29 is 34.4 Å². The molecule has 1 aliphatic carbocycles. The third-order valence-electron chi connectivity index (χ3n) is 17.7. The van der Waals surface area contributed by atoms with Crippen molar-refractivity contribution in [1.29, 1.82) is 0 Å².